The van der Waals surface area contributed by atoms with Gasteiger partial charge < -0.3 is 5.32 Å². The van der Waals surface area contributed by atoms with Gasteiger partial charge in [-0.05, 0) is 31.0 Å². The number of anilines is 2. The van der Waals surface area contributed by atoms with E-state index in [4.69, 9.17) is 11.6 Å². The zero-order valence-corrected chi connectivity index (χ0v) is 16.4. The van der Waals surface area contributed by atoms with E-state index in [1.54, 1.807) is 18.2 Å². The van der Waals surface area contributed by atoms with Gasteiger partial charge in [-0.2, -0.15) is 0 Å². The summed E-state index contributed by atoms with van der Waals surface area (Å²) in [6.45, 7) is 8.55. The van der Waals surface area contributed by atoms with E-state index < -0.39 is 0 Å². The summed E-state index contributed by atoms with van der Waals surface area (Å²) in [5.41, 5.74) is 0.641. The number of rotatable bonds is 7. The second kappa shape index (κ2) is 11.8. The van der Waals surface area contributed by atoms with E-state index in [9.17, 15) is 4.39 Å². The Morgan fingerprint density at radius 3 is 2.44 bits per heavy atom. The van der Waals surface area contributed by atoms with Crippen molar-refractivity contribution in [2.75, 3.05) is 5.32 Å². The van der Waals surface area contributed by atoms with Gasteiger partial charge >= 0.3 is 0 Å². The maximum Gasteiger partial charge on any atom is 0.135 e. The molecule has 0 spiro atoms. The number of benzene rings is 1. The molecule has 1 atom stereocenters. The van der Waals surface area contributed by atoms with Crippen molar-refractivity contribution in [1.29, 1.82) is 0 Å². The first-order chi connectivity index (χ1) is 12.0. The largest absolute Gasteiger partial charge is 0.340 e. The van der Waals surface area contributed by atoms with Gasteiger partial charge in [0.15, 0.2) is 0 Å². The average molecular weight is 366 g/mol. The van der Waals surface area contributed by atoms with E-state index in [-0.39, 0.29) is 5.82 Å². The van der Waals surface area contributed by atoms with Crippen LogP contribution in [0.4, 0.5) is 15.9 Å². The first-order valence-corrected chi connectivity index (χ1v) is 9.48. The van der Waals surface area contributed by atoms with Crippen molar-refractivity contribution in [2.45, 2.75) is 65.7 Å². The van der Waals surface area contributed by atoms with Gasteiger partial charge in [-0.15, -0.1) is 0 Å². The predicted molar refractivity (Wildman–Crippen MR) is 105 cm³/mol. The Morgan fingerprint density at radius 2 is 1.84 bits per heavy atom. The molecule has 0 radical (unpaired) electrons. The van der Waals surface area contributed by atoms with Crippen molar-refractivity contribution in [3.8, 4) is 0 Å². The lowest BCUT2D eigenvalue weighted by Gasteiger charge is -2.15. The van der Waals surface area contributed by atoms with Crippen molar-refractivity contribution in [3.63, 3.8) is 0 Å². The van der Waals surface area contributed by atoms with Crippen LogP contribution in [0.5, 0.6) is 0 Å². The molecule has 138 valence electrons. The molecule has 0 aliphatic rings. The van der Waals surface area contributed by atoms with Crippen molar-refractivity contribution in [3.05, 3.63) is 47.1 Å². The van der Waals surface area contributed by atoms with Gasteiger partial charge in [0.25, 0.3) is 0 Å². The summed E-state index contributed by atoms with van der Waals surface area (Å²) < 4.78 is 13.3. The highest BCUT2D eigenvalue weighted by molar-refractivity contribution is 6.29. The third-order valence-corrected chi connectivity index (χ3v) is 3.77. The summed E-state index contributed by atoms with van der Waals surface area (Å²) in [7, 11) is 0. The smallest absolute Gasteiger partial charge is 0.135 e. The lowest BCUT2D eigenvalue weighted by molar-refractivity contribution is 0.544. The van der Waals surface area contributed by atoms with E-state index in [0.717, 1.165) is 31.5 Å². The molecular formula is C20H29ClFN3. The summed E-state index contributed by atoms with van der Waals surface area (Å²) in [5, 5.41) is 3.49. The minimum Gasteiger partial charge on any atom is -0.340 e. The standard InChI is InChI=1S/C17H21ClFN3.C3H8/c1-3-5-7-12(4-2)17-21-15(18)11-16(22-17)20-14-9-6-8-13(19)10-14;1-3-2/h6,8-12H,3-5,7H2,1-2H3,(H,20,21,22);3H2,1-2H3. The lowest BCUT2D eigenvalue weighted by atomic mass is 9.98. The van der Waals surface area contributed by atoms with Crippen LogP contribution in [0.3, 0.4) is 0 Å². The fraction of sp³-hybridized carbons (Fsp3) is 0.500. The van der Waals surface area contributed by atoms with E-state index in [1.165, 1.54) is 18.6 Å². The molecule has 0 bridgehead atoms. The quantitative estimate of drug-likeness (QED) is 0.531. The monoisotopic (exact) mass is 365 g/mol. The molecule has 2 rings (SSSR count). The Labute approximate surface area is 156 Å². The fourth-order valence-corrected chi connectivity index (χ4v) is 2.55. The van der Waals surface area contributed by atoms with Crippen molar-refractivity contribution in [1.82, 2.24) is 9.97 Å². The lowest BCUT2D eigenvalue weighted by Crippen LogP contribution is -2.06. The molecule has 1 N–H and O–H groups in total. The van der Waals surface area contributed by atoms with Crippen LogP contribution in [0.15, 0.2) is 30.3 Å². The number of hydrogen-bond donors (Lipinski definition) is 1. The average Bonchev–Trinajstić information content (AvgIpc) is 2.56. The van der Waals surface area contributed by atoms with E-state index >= 15 is 0 Å². The Kier molecular flexibility index (Phi) is 10.1. The number of halogens is 2. The van der Waals surface area contributed by atoms with Crippen molar-refractivity contribution in [2.24, 2.45) is 0 Å². The Bertz CT molecular complexity index is 634. The number of nitrogens with zero attached hydrogens (tertiary/aromatic N) is 2. The molecule has 0 fully saturated rings. The SMILES string of the molecule is CCC.CCCCC(CC)c1nc(Cl)cc(Nc2cccc(F)c2)n1. The van der Waals surface area contributed by atoms with Crippen LogP contribution in [0, 0.1) is 5.82 Å². The van der Waals surface area contributed by atoms with Crippen molar-refractivity contribution >= 4 is 23.1 Å². The molecule has 25 heavy (non-hydrogen) atoms. The molecule has 0 aliphatic heterocycles. The molecule has 3 nitrogen and oxygen atoms in total. The summed E-state index contributed by atoms with van der Waals surface area (Å²) in [6, 6.07) is 7.92. The molecule has 1 heterocycles. The second-order valence-electron chi connectivity index (χ2n) is 6.02. The van der Waals surface area contributed by atoms with Gasteiger partial charge in [-0.3, -0.25) is 0 Å². The molecule has 5 heteroatoms. The Morgan fingerprint density at radius 1 is 1.12 bits per heavy atom. The molecule has 0 amide bonds. The van der Waals surface area contributed by atoms with Crippen LogP contribution < -0.4 is 5.32 Å². The molecule has 0 saturated heterocycles. The Balaban J connectivity index is 0.000000970. The first-order valence-electron chi connectivity index (χ1n) is 9.10. The van der Waals surface area contributed by atoms with Crippen LogP contribution in [0.25, 0.3) is 0 Å². The van der Waals surface area contributed by atoms with Gasteiger partial charge in [-0.1, -0.05) is 64.6 Å². The van der Waals surface area contributed by atoms with Crippen LogP contribution >= 0.6 is 11.6 Å². The molecule has 1 aromatic heterocycles. The second-order valence-corrected chi connectivity index (χ2v) is 6.41. The zero-order chi connectivity index (χ0) is 18.7. The highest BCUT2D eigenvalue weighted by atomic mass is 35.5. The fourth-order valence-electron chi connectivity index (χ4n) is 2.36. The predicted octanol–water partition coefficient (Wildman–Crippen LogP) is 7.11. The van der Waals surface area contributed by atoms with E-state index in [1.807, 2.05) is 0 Å². The summed E-state index contributed by atoms with van der Waals surface area (Å²) >= 11 is 6.12. The van der Waals surface area contributed by atoms with Gasteiger partial charge in [-0.25, -0.2) is 14.4 Å². The van der Waals surface area contributed by atoms with Gasteiger partial charge in [0.05, 0.1) is 0 Å². The van der Waals surface area contributed by atoms with Crippen LogP contribution in [-0.2, 0) is 0 Å². The maximum atomic E-state index is 13.3. The van der Waals surface area contributed by atoms with E-state index in [2.05, 4.69) is 43.0 Å². The molecular weight excluding hydrogens is 337 g/mol. The van der Waals surface area contributed by atoms with E-state index in [0.29, 0.717) is 22.6 Å². The summed E-state index contributed by atoms with van der Waals surface area (Å²) in [4.78, 5) is 8.91. The summed E-state index contributed by atoms with van der Waals surface area (Å²) in [5.74, 6) is 1.35. The number of nitrogens with one attached hydrogen (secondary N) is 1. The third kappa shape index (κ3) is 7.82. The first kappa shape index (κ1) is 21.4. The summed E-state index contributed by atoms with van der Waals surface area (Å²) in [6.07, 6.45) is 5.55. The topological polar surface area (TPSA) is 37.8 Å². The zero-order valence-electron chi connectivity index (χ0n) is 15.6. The van der Waals surface area contributed by atoms with Crippen LogP contribution in [0.2, 0.25) is 5.15 Å². The molecule has 0 saturated carbocycles. The van der Waals surface area contributed by atoms with Crippen molar-refractivity contribution < 1.29 is 4.39 Å². The normalized spacial score (nSPS) is 11.4. The molecule has 1 aromatic carbocycles. The maximum absolute atomic E-state index is 13.3. The minimum atomic E-state index is -0.292. The number of unbranched alkanes of at least 4 members (excludes halogenated alkanes) is 1. The third-order valence-electron chi connectivity index (χ3n) is 3.57. The molecule has 1 unspecified atom stereocenters. The van der Waals surface area contributed by atoms with Gasteiger partial charge in [0.1, 0.15) is 22.6 Å². The van der Waals surface area contributed by atoms with Gasteiger partial charge in [0.2, 0.25) is 0 Å². The number of aromatic nitrogens is 2. The van der Waals surface area contributed by atoms with Gasteiger partial charge in [0, 0.05) is 17.7 Å². The number of hydrogen-bond acceptors (Lipinski definition) is 3. The minimum absolute atomic E-state index is 0.292. The molecule has 0 aliphatic carbocycles. The highest BCUT2D eigenvalue weighted by Gasteiger charge is 2.14. The van der Waals surface area contributed by atoms with Crippen LogP contribution in [0.1, 0.15) is 71.5 Å². The Hall–Kier alpha value is -1.68. The van der Waals surface area contributed by atoms with Crippen LogP contribution in [-0.4, -0.2) is 9.97 Å². The molecule has 2 aromatic rings. The highest BCUT2D eigenvalue weighted by Crippen LogP contribution is 2.26.